The van der Waals surface area contributed by atoms with Crippen molar-refractivity contribution >= 4 is 27.5 Å². The number of aromatic nitrogens is 2. The van der Waals surface area contributed by atoms with Crippen LogP contribution in [-0.4, -0.2) is 9.55 Å². The molecule has 14 heavy (non-hydrogen) atoms. The zero-order chi connectivity index (χ0) is 10.1. The molecule has 2 aromatic rings. The van der Waals surface area contributed by atoms with E-state index >= 15 is 0 Å². The summed E-state index contributed by atoms with van der Waals surface area (Å²) in [6.07, 6.45) is 1.92. The summed E-state index contributed by atoms with van der Waals surface area (Å²) < 4.78 is 2.80. The Bertz CT molecular complexity index is 448. The molecular weight excluding hydrogens is 263 g/mol. The third-order valence-corrected chi connectivity index (χ3v) is 2.58. The van der Waals surface area contributed by atoms with Crippen molar-refractivity contribution in [3.8, 4) is 11.4 Å². The van der Waals surface area contributed by atoms with Crippen molar-refractivity contribution in [2.45, 2.75) is 0 Å². The Morgan fingerprint density at radius 2 is 1.93 bits per heavy atom. The van der Waals surface area contributed by atoms with Crippen LogP contribution >= 0.6 is 27.5 Å². The van der Waals surface area contributed by atoms with Gasteiger partial charge in [-0.25, -0.2) is 4.98 Å². The number of rotatable bonds is 1. The van der Waals surface area contributed by atoms with Gasteiger partial charge in [0.2, 0.25) is 0 Å². The molecule has 0 aliphatic heterocycles. The highest BCUT2D eigenvalue weighted by Crippen LogP contribution is 2.21. The molecule has 0 atom stereocenters. The minimum Gasteiger partial charge on any atom is -0.333 e. The fourth-order valence-electron chi connectivity index (χ4n) is 1.30. The van der Waals surface area contributed by atoms with Crippen LogP contribution in [0.5, 0.6) is 0 Å². The van der Waals surface area contributed by atoms with Crippen LogP contribution in [0.1, 0.15) is 0 Å². The lowest BCUT2D eigenvalue weighted by molar-refractivity contribution is 0.924. The average Bonchev–Trinajstić information content (AvgIpc) is 2.47. The van der Waals surface area contributed by atoms with Crippen LogP contribution in [0.25, 0.3) is 11.4 Å². The van der Waals surface area contributed by atoms with Crippen LogP contribution in [0.15, 0.2) is 35.1 Å². The molecule has 0 aliphatic rings. The Balaban J connectivity index is 2.49. The Morgan fingerprint density at radius 3 is 2.43 bits per heavy atom. The minimum absolute atomic E-state index is 0.738. The molecular formula is C10H8BrClN2. The van der Waals surface area contributed by atoms with E-state index in [1.165, 1.54) is 0 Å². The van der Waals surface area contributed by atoms with Crippen molar-refractivity contribution in [2.75, 3.05) is 0 Å². The van der Waals surface area contributed by atoms with E-state index in [9.17, 15) is 0 Å². The smallest absolute Gasteiger partial charge is 0.141 e. The van der Waals surface area contributed by atoms with Gasteiger partial charge in [0.25, 0.3) is 0 Å². The molecule has 0 radical (unpaired) electrons. The summed E-state index contributed by atoms with van der Waals surface area (Å²) in [7, 11) is 1.96. The third kappa shape index (κ3) is 1.83. The highest BCUT2D eigenvalue weighted by molar-refractivity contribution is 9.10. The number of hydrogen-bond donors (Lipinski definition) is 0. The van der Waals surface area contributed by atoms with Crippen LogP contribution in [0, 0.1) is 0 Å². The zero-order valence-electron chi connectivity index (χ0n) is 7.54. The predicted octanol–water partition coefficient (Wildman–Crippen LogP) is 3.50. The summed E-state index contributed by atoms with van der Waals surface area (Å²) in [6.45, 7) is 0. The largest absolute Gasteiger partial charge is 0.333 e. The maximum atomic E-state index is 5.81. The van der Waals surface area contributed by atoms with E-state index in [4.69, 9.17) is 11.6 Å². The molecule has 2 nitrogen and oxygen atoms in total. The van der Waals surface area contributed by atoms with Crippen molar-refractivity contribution in [1.29, 1.82) is 0 Å². The Hall–Kier alpha value is -0.800. The van der Waals surface area contributed by atoms with Crippen LogP contribution in [0.2, 0.25) is 5.02 Å². The normalized spacial score (nSPS) is 10.5. The van der Waals surface area contributed by atoms with Gasteiger partial charge in [0.15, 0.2) is 0 Å². The zero-order valence-corrected chi connectivity index (χ0v) is 9.88. The molecule has 0 amide bonds. The molecule has 0 spiro atoms. The molecule has 1 aromatic carbocycles. The van der Waals surface area contributed by atoms with Crippen LogP contribution in [-0.2, 0) is 7.05 Å². The van der Waals surface area contributed by atoms with Gasteiger partial charge in [0.1, 0.15) is 10.4 Å². The standard InChI is InChI=1S/C10H8BrClN2/c1-14-6-9(11)13-10(14)7-2-4-8(12)5-3-7/h2-6H,1H3. The summed E-state index contributed by atoms with van der Waals surface area (Å²) in [5.41, 5.74) is 1.06. The molecule has 0 bridgehead atoms. The number of hydrogen-bond acceptors (Lipinski definition) is 1. The van der Waals surface area contributed by atoms with Gasteiger partial charge >= 0.3 is 0 Å². The highest BCUT2D eigenvalue weighted by Gasteiger charge is 2.05. The first-order valence-corrected chi connectivity index (χ1v) is 5.29. The molecule has 1 heterocycles. The predicted molar refractivity (Wildman–Crippen MR) is 61.4 cm³/mol. The van der Waals surface area contributed by atoms with Crippen LogP contribution in [0.3, 0.4) is 0 Å². The highest BCUT2D eigenvalue weighted by atomic mass is 79.9. The monoisotopic (exact) mass is 270 g/mol. The number of nitrogens with zero attached hydrogens (tertiary/aromatic N) is 2. The van der Waals surface area contributed by atoms with Gasteiger partial charge in [-0.1, -0.05) is 11.6 Å². The van der Waals surface area contributed by atoms with E-state index in [2.05, 4.69) is 20.9 Å². The summed E-state index contributed by atoms with van der Waals surface area (Å²) >= 11 is 9.14. The van der Waals surface area contributed by atoms with E-state index in [0.717, 1.165) is 21.0 Å². The Morgan fingerprint density at radius 1 is 1.29 bits per heavy atom. The van der Waals surface area contributed by atoms with Gasteiger partial charge in [-0.2, -0.15) is 0 Å². The second kappa shape index (κ2) is 3.75. The molecule has 0 N–H and O–H groups in total. The topological polar surface area (TPSA) is 17.8 Å². The maximum absolute atomic E-state index is 5.81. The van der Waals surface area contributed by atoms with Gasteiger partial charge in [0, 0.05) is 23.8 Å². The van der Waals surface area contributed by atoms with E-state index in [0.29, 0.717) is 0 Å². The minimum atomic E-state index is 0.738. The first-order valence-electron chi connectivity index (χ1n) is 4.11. The lowest BCUT2D eigenvalue weighted by Gasteiger charge is -2.00. The van der Waals surface area contributed by atoms with Gasteiger partial charge < -0.3 is 4.57 Å². The fourth-order valence-corrected chi connectivity index (χ4v) is 1.90. The van der Waals surface area contributed by atoms with E-state index in [1.807, 2.05) is 42.1 Å². The Kier molecular flexibility index (Phi) is 2.61. The SMILES string of the molecule is Cn1cc(Br)nc1-c1ccc(Cl)cc1. The number of aryl methyl sites for hydroxylation is 1. The van der Waals surface area contributed by atoms with Crippen molar-refractivity contribution in [2.24, 2.45) is 7.05 Å². The molecule has 0 saturated heterocycles. The molecule has 0 unspecified atom stereocenters. The molecule has 1 aromatic heterocycles. The lowest BCUT2D eigenvalue weighted by Crippen LogP contribution is -1.90. The summed E-state index contributed by atoms with van der Waals surface area (Å²) in [4.78, 5) is 4.35. The van der Waals surface area contributed by atoms with Crippen LogP contribution in [0.4, 0.5) is 0 Å². The fraction of sp³-hybridized carbons (Fsp3) is 0.100. The molecule has 0 saturated carbocycles. The molecule has 0 aliphatic carbocycles. The number of benzene rings is 1. The van der Waals surface area contributed by atoms with Gasteiger partial charge in [0.05, 0.1) is 0 Å². The van der Waals surface area contributed by atoms with Gasteiger partial charge in [-0.3, -0.25) is 0 Å². The van der Waals surface area contributed by atoms with Gasteiger partial charge in [-0.05, 0) is 40.2 Å². The van der Waals surface area contributed by atoms with E-state index < -0.39 is 0 Å². The second-order valence-corrected chi connectivity index (χ2v) is 4.25. The quantitative estimate of drug-likeness (QED) is 0.776. The molecule has 4 heteroatoms. The molecule has 0 fully saturated rings. The summed E-state index contributed by atoms with van der Waals surface area (Å²) in [5, 5.41) is 0.738. The summed E-state index contributed by atoms with van der Waals surface area (Å²) in [6, 6.07) is 7.63. The first kappa shape index (κ1) is 9.74. The first-order chi connectivity index (χ1) is 6.66. The van der Waals surface area contributed by atoms with E-state index in [1.54, 1.807) is 0 Å². The average molecular weight is 272 g/mol. The maximum Gasteiger partial charge on any atom is 0.141 e. The van der Waals surface area contributed by atoms with E-state index in [-0.39, 0.29) is 0 Å². The summed E-state index contributed by atoms with van der Waals surface area (Å²) in [5.74, 6) is 0.925. The second-order valence-electron chi connectivity index (χ2n) is 3.01. The number of halogens is 2. The van der Waals surface area contributed by atoms with Crippen LogP contribution < -0.4 is 0 Å². The number of imidazole rings is 1. The van der Waals surface area contributed by atoms with Gasteiger partial charge in [-0.15, -0.1) is 0 Å². The lowest BCUT2D eigenvalue weighted by atomic mass is 10.2. The van der Waals surface area contributed by atoms with Crippen molar-refractivity contribution in [3.63, 3.8) is 0 Å². The Labute approximate surface area is 95.7 Å². The van der Waals surface area contributed by atoms with Crippen molar-refractivity contribution in [1.82, 2.24) is 9.55 Å². The molecule has 2 rings (SSSR count). The van der Waals surface area contributed by atoms with Crippen molar-refractivity contribution < 1.29 is 0 Å². The van der Waals surface area contributed by atoms with Crippen molar-refractivity contribution in [3.05, 3.63) is 40.1 Å². The third-order valence-electron chi connectivity index (χ3n) is 1.95. The molecule has 72 valence electrons.